The van der Waals surface area contributed by atoms with Crippen molar-refractivity contribution >= 4 is 31.8 Å². The Balaban J connectivity index is 2.06. The van der Waals surface area contributed by atoms with Crippen LogP contribution < -0.4 is 0 Å². The van der Waals surface area contributed by atoms with Crippen molar-refractivity contribution in [2.24, 2.45) is 4.99 Å². The predicted molar refractivity (Wildman–Crippen MR) is 90.6 cm³/mol. The molecular formula is C16H15BrN2O2S. The minimum atomic E-state index is -3.62. The van der Waals surface area contributed by atoms with Crippen LogP contribution in [0.3, 0.4) is 0 Å². The van der Waals surface area contributed by atoms with Crippen LogP contribution in [0.5, 0.6) is 0 Å². The summed E-state index contributed by atoms with van der Waals surface area (Å²) in [7, 11) is -3.62. The first kappa shape index (κ1) is 15.2. The minimum Gasteiger partial charge on any atom is -0.265 e. The highest BCUT2D eigenvalue weighted by Crippen LogP contribution is 2.26. The molecular weight excluding hydrogens is 364 g/mol. The summed E-state index contributed by atoms with van der Waals surface area (Å²) in [6, 6.07) is 14.7. The number of nitrogens with zero attached hydrogens (tertiary/aromatic N) is 2. The quantitative estimate of drug-likeness (QED) is 0.823. The first-order valence-corrected chi connectivity index (χ1v) is 9.12. The van der Waals surface area contributed by atoms with Gasteiger partial charge in [0.2, 0.25) is 0 Å². The SMILES string of the molecule is Cc1ccc(Br)cc1S(=O)(=O)N1CCN=C1c1ccccc1. The van der Waals surface area contributed by atoms with Gasteiger partial charge in [0, 0.05) is 10.0 Å². The molecule has 1 heterocycles. The van der Waals surface area contributed by atoms with Gasteiger partial charge < -0.3 is 0 Å². The van der Waals surface area contributed by atoms with Crippen molar-refractivity contribution in [3.8, 4) is 0 Å². The maximum absolute atomic E-state index is 13.0. The van der Waals surface area contributed by atoms with E-state index < -0.39 is 10.0 Å². The lowest BCUT2D eigenvalue weighted by atomic mass is 10.2. The summed E-state index contributed by atoms with van der Waals surface area (Å²) >= 11 is 3.34. The zero-order valence-electron chi connectivity index (χ0n) is 12.0. The van der Waals surface area contributed by atoms with E-state index in [0.29, 0.717) is 23.8 Å². The van der Waals surface area contributed by atoms with E-state index in [0.717, 1.165) is 15.6 Å². The molecule has 0 bridgehead atoms. The van der Waals surface area contributed by atoms with Crippen molar-refractivity contribution in [3.63, 3.8) is 0 Å². The van der Waals surface area contributed by atoms with Crippen LogP contribution in [0, 0.1) is 6.92 Å². The number of sulfonamides is 1. The molecule has 114 valence electrons. The Morgan fingerprint density at radius 2 is 1.86 bits per heavy atom. The fraction of sp³-hybridized carbons (Fsp3) is 0.188. The van der Waals surface area contributed by atoms with E-state index in [1.54, 1.807) is 19.1 Å². The van der Waals surface area contributed by atoms with Gasteiger partial charge in [0.05, 0.1) is 18.0 Å². The number of aliphatic imine (C=N–C) groups is 1. The van der Waals surface area contributed by atoms with Gasteiger partial charge in [-0.15, -0.1) is 0 Å². The van der Waals surface area contributed by atoms with E-state index >= 15 is 0 Å². The molecule has 0 atom stereocenters. The average Bonchev–Trinajstić information content (AvgIpc) is 3.01. The normalized spacial score (nSPS) is 15.0. The fourth-order valence-corrected chi connectivity index (χ4v) is 4.67. The van der Waals surface area contributed by atoms with Crippen LogP contribution in [0.2, 0.25) is 0 Å². The Morgan fingerprint density at radius 3 is 2.59 bits per heavy atom. The minimum absolute atomic E-state index is 0.312. The largest absolute Gasteiger partial charge is 0.265 e. The van der Waals surface area contributed by atoms with Gasteiger partial charge in [0.15, 0.2) is 0 Å². The molecule has 2 aromatic carbocycles. The summed E-state index contributed by atoms with van der Waals surface area (Å²) in [6.07, 6.45) is 0. The van der Waals surface area contributed by atoms with Crippen LogP contribution in [-0.2, 0) is 10.0 Å². The van der Waals surface area contributed by atoms with Crippen molar-refractivity contribution < 1.29 is 8.42 Å². The van der Waals surface area contributed by atoms with Crippen molar-refractivity contribution in [3.05, 3.63) is 64.1 Å². The number of amidine groups is 1. The molecule has 3 rings (SSSR count). The molecule has 0 radical (unpaired) electrons. The monoisotopic (exact) mass is 378 g/mol. The van der Waals surface area contributed by atoms with Gasteiger partial charge in [-0.25, -0.2) is 12.7 Å². The van der Waals surface area contributed by atoms with Gasteiger partial charge in [0.25, 0.3) is 10.0 Å². The third kappa shape index (κ3) is 2.68. The van der Waals surface area contributed by atoms with Crippen LogP contribution in [0.25, 0.3) is 0 Å². The highest BCUT2D eigenvalue weighted by atomic mass is 79.9. The molecule has 4 nitrogen and oxygen atoms in total. The second kappa shape index (κ2) is 5.85. The highest BCUT2D eigenvalue weighted by molar-refractivity contribution is 9.10. The molecule has 6 heteroatoms. The maximum Gasteiger partial charge on any atom is 0.265 e. The molecule has 1 aliphatic rings. The van der Waals surface area contributed by atoms with Crippen molar-refractivity contribution in [2.45, 2.75) is 11.8 Å². The van der Waals surface area contributed by atoms with E-state index in [1.165, 1.54) is 4.31 Å². The molecule has 0 N–H and O–H groups in total. The molecule has 1 aliphatic heterocycles. The molecule has 0 saturated heterocycles. The molecule has 0 fully saturated rings. The average molecular weight is 379 g/mol. The van der Waals surface area contributed by atoms with Gasteiger partial charge in [-0.1, -0.05) is 52.3 Å². The lowest BCUT2D eigenvalue weighted by Crippen LogP contribution is -2.35. The summed E-state index contributed by atoms with van der Waals surface area (Å²) in [4.78, 5) is 4.70. The molecule has 2 aromatic rings. The Bertz CT molecular complexity index is 832. The number of halogens is 1. The molecule has 22 heavy (non-hydrogen) atoms. The predicted octanol–water partition coefficient (Wildman–Crippen LogP) is 3.21. The standard InChI is InChI=1S/C16H15BrN2O2S/c1-12-7-8-14(17)11-15(12)22(20,21)19-10-9-18-16(19)13-5-3-2-4-6-13/h2-8,11H,9-10H2,1H3. The Kier molecular flexibility index (Phi) is 4.06. The van der Waals surface area contributed by atoms with Gasteiger partial charge in [0.1, 0.15) is 5.84 Å². The second-order valence-corrected chi connectivity index (χ2v) is 7.80. The van der Waals surface area contributed by atoms with E-state index in [9.17, 15) is 8.42 Å². The lowest BCUT2D eigenvalue weighted by Gasteiger charge is -2.21. The van der Waals surface area contributed by atoms with Gasteiger partial charge in [-0.2, -0.15) is 0 Å². The third-order valence-corrected chi connectivity index (χ3v) is 5.98. The van der Waals surface area contributed by atoms with Gasteiger partial charge >= 0.3 is 0 Å². The molecule has 0 saturated carbocycles. The van der Waals surface area contributed by atoms with Gasteiger partial charge in [-0.3, -0.25) is 4.99 Å². The molecule has 0 unspecified atom stereocenters. The summed E-state index contributed by atoms with van der Waals surface area (Å²) in [5.74, 6) is 0.514. The summed E-state index contributed by atoms with van der Waals surface area (Å²) in [5, 5.41) is 0. The van der Waals surface area contributed by atoms with Crippen molar-refractivity contribution in [1.82, 2.24) is 4.31 Å². The van der Waals surface area contributed by atoms with E-state index in [2.05, 4.69) is 20.9 Å². The number of hydrogen-bond acceptors (Lipinski definition) is 3. The van der Waals surface area contributed by atoms with Crippen LogP contribution in [0.15, 0.2) is 62.9 Å². The maximum atomic E-state index is 13.0. The third-order valence-electron chi connectivity index (χ3n) is 3.55. The Hall–Kier alpha value is -1.66. The molecule has 0 amide bonds. The number of benzene rings is 2. The van der Waals surface area contributed by atoms with Crippen LogP contribution in [0.4, 0.5) is 0 Å². The molecule has 0 spiro atoms. The summed E-state index contributed by atoms with van der Waals surface area (Å²) in [6.45, 7) is 2.66. The molecule has 0 aliphatic carbocycles. The molecule has 0 aromatic heterocycles. The zero-order valence-corrected chi connectivity index (χ0v) is 14.4. The van der Waals surface area contributed by atoms with Gasteiger partial charge in [-0.05, 0) is 24.6 Å². The van der Waals surface area contributed by atoms with E-state index in [4.69, 9.17) is 0 Å². The summed E-state index contributed by atoms with van der Waals surface area (Å²) in [5.41, 5.74) is 1.54. The van der Waals surface area contributed by atoms with E-state index in [-0.39, 0.29) is 0 Å². The second-order valence-electron chi connectivity index (χ2n) is 5.06. The first-order chi connectivity index (χ1) is 10.5. The summed E-state index contributed by atoms with van der Waals surface area (Å²) < 4.78 is 28.2. The highest BCUT2D eigenvalue weighted by Gasteiger charge is 2.32. The van der Waals surface area contributed by atoms with Crippen LogP contribution in [-0.4, -0.2) is 31.6 Å². The Morgan fingerprint density at radius 1 is 1.14 bits per heavy atom. The van der Waals surface area contributed by atoms with Crippen LogP contribution in [0.1, 0.15) is 11.1 Å². The van der Waals surface area contributed by atoms with E-state index in [1.807, 2.05) is 36.4 Å². The number of rotatable bonds is 3. The van der Waals surface area contributed by atoms with Crippen molar-refractivity contribution in [2.75, 3.05) is 13.1 Å². The lowest BCUT2D eigenvalue weighted by molar-refractivity contribution is 0.537. The topological polar surface area (TPSA) is 49.7 Å². The smallest absolute Gasteiger partial charge is 0.265 e. The van der Waals surface area contributed by atoms with Crippen molar-refractivity contribution in [1.29, 1.82) is 0 Å². The Labute approximate surface area is 138 Å². The fourth-order valence-electron chi connectivity index (χ4n) is 2.46. The first-order valence-electron chi connectivity index (χ1n) is 6.89. The van der Waals surface area contributed by atoms with Crippen LogP contribution >= 0.6 is 15.9 Å². The number of aryl methyl sites for hydroxylation is 1. The number of hydrogen-bond donors (Lipinski definition) is 0. The zero-order chi connectivity index (χ0) is 15.7.